The van der Waals surface area contributed by atoms with Crippen molar-refractivity contribution in [1.29, 1.82) is 0 Å². The number of nitrogens with zero attached hydrogens (tertiary/aromatic N) is 1. The molecule has 0 bridgehead atoms. The molecule has 4 aromatic carbocycles. The van der Waals surface area contributed by atoms with E-state index in [-0.39, 0.29) is 22.1 Å². The molecule has 1 aliphatic rings. The van der Waals surface area contributed by atoms with Gasteiger partial charge in [-0.1, -0.05) is 58.4 Å². The van der Waals surface area contributed by atoms with Crippen molar-refractivity contribution in [2.24, 2.45) is 0 Å². The van der Waals surface area contributed by atoms with Crippen LogP contribution in [0.1, 0.15) is 26.9 Å². The Bertz CT molecular complexity index is 1580. The van der Waals surface area contributed by atoms with Gasteiger partial charge in [-0.2, -0.15) is 0 Å². The van der Waals surface area contributed by atoms with Crippen LogP contribution in [0.25, 0.3) is 0 Å². The lowest BCUT2D eigenvalue weighted by Crippen LogP contribution is -2.27. The summed E-state index contributed by atoms with van der Waals surface area (Å²) < 4.78 is 28.8. The maximum atomic E-state index is 12.8. The van der Waals surface area contributed by atoms with Gasteiger partial charge in [-0.05, 0) is 71.8 Å². The number of anilines is 2. The van der Waals surface area contributed by atoms with E-state index < -0.39 is 10.0 Å². The minimum atomic E-state index is -3.77. The van der Waals surface area contributed by atoms with E-state index in [2.05, 4.69) is 26.0 Å². The molecule has 7 nitrogen and oxygen atoms in total. The first-order valence-electron chi connectivity index (χ1n) is 12.0. The summed E-state index contributed by atoms with van der Waals surface area (Å²) in [7, 11) is -3.77. The number of halogens is 1. The predicted octanol–water partition coefficient (Wildman–Crippen LogP) is 6.28. The quantitative estimate of drug-likeness (QED) is 0.241. The first kappa shape index (κ1) is 27.0. The lowest BCUT2D eigenvalue weighted by molar-refractivity contribution is -0.128. The summed E-state index contributed by atoms with van der Waals surface area (Å²) in [4.78, 5) is 27.3. The van der Waals surface area contributed by atoms with Gasteiger partial charge in [0, 0.05) is 28.0 Å². The molecule has 1 fully saturated rings. The third-order valence-corrected chi connectivity index (χ3v) is 9.32. The van der Waals surface area contributed by atoms with Gasteiger partial charge in [-0.15, -0.1) is 11.8 Å². The SMILES string of the molecule is O=C(Nc1ccc(S(=O)(=O)Nc2ccc(Br)cc2)cc1)c1ccc(C2SCC(=O)N2Cc2ccccc2)cc1. The number of carbonyl (C=O) groups excluding carboxylic acids is 2. The monoisotopic (exact) mass is 621 g/mol. The fourth-order valence-corrected chi connectivity index (χ4v) is 6.64. The van der Waals surface area contributed by atoms with Gasteiger partial charge in [0.25, 0.3) is 15.9 Å². The zero-order valence-corrected chi connectivity index (χ0v) is 23.8. The Morgan fingerprint density at radius 3 is 2.18 bits per heavy atom. The highest BCUT2D eigenvalue weighted by atomic mass is 79.9. The van der Waals surface area contributed by atoms with Gasteiger partial charge >= 0.3 is 0 Å². The minimum Gasteiger partial charge on any atom is -0.322 e. The fraction of sp³-hybridized carbons (Fsp3) is 0.103. The number of hydrogen-bond acceptors (Lipinski definition) is 5. The predicted molar refractivity (Wildman–Crippen MR) is 158 cm³/mol. The van der Waals surface area contributed by atoms with Crippen molar-refractivity contribution in [2.75, 3.05) is 15.8 Å². The van der Waals surface area contributed by atoms with Crippen molar-refractivity contribution in [2.45, 2.75) is 16.8 Å². The Morgan fingerprint density at radius 1 is 0.872 bits per heavy atom. The zero-order valence-electron chi connectivity index (χ0n) is 20.6. The number of nitrogens with one attached hydrogen (secondary N) is 2. The molecule has 2 amide bonds. The molecule has 1 saturated heterocycles. The molecular formula is C29H24BrN3O4S2. The highest BCUT2D eigenvalue weighted by molar-refractivity contribution is 9.10. The number of hydrogen-bond donors (Lipinski definition) is 2. The van der Waals surface area contributed by atoms with Crippen LogP contribution in [0.2, 0.25) is 0 Å². The molecule has 1 atom stereocenters. The number of carbonyl (C=O) groups is 2. The molecule has 1 heterocycles. The molecule has 2 N–H and O–H groups in total. The van der Waals surface area contributed by atoms with Gasteiger partial charge in [0.2, 0.25) is 5.91 Å². The van der Waals surface area contributed by atoms with Crippen molar-refractivity contribution in [1.82, 2.24) is 4.90 Å². The maximum Gasteiger partial charge on any atom is 0.261 e. The van der Waals surface area contributed by atoms with E-state index in [0.29, 0.717) is 29.2 Å². The molecule has 5 rings (SSSR count). The van der Waals surface area contributed by atoms with Gasteiger partial charge in [0.1, 0.15) is 5.37 Å². The molecule has 4 aromatic rings. The standard InChI is InChI=1S/C29H24BrN3O4S2/c30-23-10-12-25(13-11-23)32-39(36,37)26-16-14-24(15-17-26)31-28(35)21-6-8-22(9-7-21)29-33(27(34)19-38-29)18-20-4-2-1-3-5-20/h1-17,29,32H,18-19H2,(H,31,35). The average Bonchev–Trinajstić information content (AvgIpc) is 3.30. The van der Waals surface area contributed by atoms with Crippen molar-refractivity contribution >= 4 is 60.9 Å². The lowest BCUT2D eigenvalue weighted by Gasteiger charge is -2.24. The van der Waals surface area contributed by atoms with Gasteiger partial charge in [-0.3, -0.25) is 14.3 Å². The maximum absolute atomic E-state index is 12.8. The lowest BCUT2D eigenvalue weighted by atomic mass is 10.1. The summed E-state index contributed by atoms with van der Waals surface area (Å²) in [6.07, 6.45) is 0. The van der Waals surface area contributed by atoms with E-state index in [0.717, 1.165) is 15.6 Å². The zero-order chi connectivity index (χ0) is 27.4. The molecule has 0 saturated carbocycles. The molecule has 198 valence electrons. The molecule has 0 aliphatic carbocycles. The molecule has 0 spiro atoms. The van der Waals surface area contributed by atoms with Crippen molar-refractivity contribution in [3.8, 4) is 0 Å². The minimum absolute atomic E-state index is 0.0800. The van der Waals surface area contributed by atoms with Crippen molar-refractivity contribution in [3.05, 3.63) is 124 Å². The first-order valence-corrected chi connectivity index (χ1v) is 15.4. The second-order valence-electron chi connectivity index (χ2n) is 8.88. The highest BCUT2D eigenvalue weighted by Crippen LogP contribution is 2.39. The van der Waals surface area contributed by atoms with Gasteiger partial charge in [0.15, 0.2) is 0 Å². The molecule has 0 aromatic heterocycles. The fourth-order valence-electron chi connectivity index (χ4n) is 4.13. The van der Waals surface area contributed by atoms with E-state index in [1.54, 1.807) is 60.3 Å². The summed E-state index contributed by atoms with van der Waals surface area (Å²) in [6, 6.07) is 29.8. The second kappa shape index (κ2) is 11.6. The first-order chi connectivity index (χ1) is 18.8. The van der Waals surface area contributed by atoms with Crippen molar-refractivity contribution < 1.29 is 18.0 Å². The Morgan fingerprint density at radius 2 is 1.51 bits per heavy atom. The largest absolute Gasteiger partial charge is 0.322 e. The van der Waals surface area contributed by atoms with E-state index >= 15 is 0 Å². The molecule has 10 heteroatoms. The van der Waals surface area contributed by atoms with Crippen LogP contribution >= 0.6 is 27.7 Å². The number of sulfonamides is 1. The Balaban J connectivity index is 1.22. The smallest absolute Gasteiger partial charge is 0.261 e. The topological polar surface area (TPSA) is 95.6 Å². The molecule has 0 radical (unpaired) electrons. The molecular weight excluding hydrogens is 598 g/mol. The van der Waals surface area contributed by atoms with Gasteiger partial charge in [-0.25, -0.2) is 8.42 Å². The third kappa shape index (κ3) is 6.52. The van der Waals surface area contributed by atoms with Gasteiger partial charge in [0.05, 0.1) is 10.6 Å². The Labute approximate surface area is 239 Å². The van der Waals surface area contributed by atoms with Crippen LogP contribution in [-0.2, 0) is 21.4 Å². The van der Waals surface area contributed by atoms with Crippen LogP contribution < -0.4 is 10.0 Å². The molecule has 1 unspecified atom stereocenters. The number of thioether (sulfide) groups is 1. The Hall–Kier alpha value is -3.60. The van der Waals surface area contributed by atoms with E-state index in [9.17, 15) is 18.0 Å². The van der Waals surface area contributed by atoms with Crippen LogP contribution in [0.4, 0.5) is 11.4 Å². The summed E-state index contributed by atoms with van der Waals surface area (Å²) in [5.74, 6) is 0.194. The van der Waals surface area contributed by atoms with Crippen LogP contribution in [0, 0.1) is 0 Å². The van der Waals surface area contributed by atoms with E-state index in [1.165, 1.54) is 12.1 Å². The third-order valence-electron chi connectivity index (χ3n) is 6.14. The van der Waals surface area contributed by atoms with Crippen LogP contribution in [-0.4, -0.2) is 30.9 Å². The second-order valence-corrected chi connectivity index (χ2v) is 12.6. The summed E-state index contributed by atoms with van der Waals surface area (Å²) in [6.45, 7) is 0.532. The van der Waals surface area contributed by atoms with E-state index in [4.69, 9.17) is 0 Å². The normalized spacial score (nSPS) is 15.3. The average molecular weight is 623 g/mol. The number of rotatable bonds is 8. The van der Waals surface area contributed by atoms with Crippen LogP contribution in [0.15, 0.2) is 112 Å². The van der Waals surface area contributed by atoms with Crippen molar-refractivity contribution in [3.63, 3.8) is 0 Å². The Kier molecular flexibility index (Phi) is 8.06. The summed E-state index contributed by atoms with van der Waals surface area (Å²) in [5, 5.41) is 2.69. The van der Waals surface area contributed by atoms with Crippen LogP contribution in [0.3, 0.4) is 0 Å². The highest BCUT2D eigenvalue weighted by Gasteiger charge is 2.32. The molecule has 39 heavy (non-hydrogen) atoms. The van der Waals surface area contributed by atoms with E-state index in [1.807, 2.05) is 47.4 Å². The number of amides is 2. The van der Waals surface area contributed by atoms with Crippen LogP contribution in [0.5, 0.6) is 0 Å². The molecule has 1 aliphatic heterocycles. The number of benzene rings is 4. The van der Waals surface area contributed by atoms with Gasteiger partial charge < -0.3 is 10.2 Å². The summed E-state index contributed by atoms with van der Waals surface area (Å²) in [5.41, 5.74) is 3.39. The summed E-state index contributed by atoms with van der Waals surface area (Å²) >= 11 is 4.89.